The van der Waals surface area contributed by atoms with Crippen molar-refractivity contribution in [1.29, 1.82) is 0 Å². The van der Waals surface area contributed by atoms with E-state index in [4.69, 9.17) is 0 Å². The molecule has 6 heteroatoms. The number of halogens is 4. The molecule has 0 saturated carbocycles. The van der Waals surface area contributed by atoms with Crippen LogP contribution in [0.2, 0.25) is 0 Å². The molecule has 0 spiro atoms. The van der Waals surface area contributed by atoms with Crippen molar-refractivity contribution >= 4 is 75.3 Å². The van der Waals surface area contributed by atoms with E-state index in [0.717, 1.165) is 0 Å². The molecule has 2 nitrogen and oxygen atoms in total. The summed E-state index contributed by atoms with van der Waals surface area (Å²) in [7, 11) is 0. The van der Waals surface area contributed by atoms with Crippen molar-refractivity contribution < 1.29 is 9.59 Å². The fourth-order valence-electron chi connectivity index (χ4n) is 0.578. The summed E-state index contributed by atoms with van der Waals surface area (Å²) in [6.07, 6.45) is 0. The number of alkyl halides is 2. The van der Waals surface area contributed by atoms with Crippen LogP contribution in [0.5, 0.6) is 0 Å². The van der Waals surface area contributed by atoms with Crippen LogP contribution in [-0.2, 0) is 9.59 Å². The molecular weight excluding hydrogens is 412 g/mol. The van der Waals surface area contributed by atoms with Gasteiger partial charge in [0.15, 0.2) is 0 Å². The monoisotopic (exact) mass is 408 g/mol. The summed E-state index contributed by atoms with van der Waals surface area (Å²) >= 11 is 11.9. The van der Waals surface area contributed by atoms with Crippen molar-refractivity contribution in [1.82, 2.24) is 0 Å². The van der Waals surface area contributed by atoms with Gasteiger partial charge in [-0.25, -0.2) is 0 Å². The predicted molar refractivity (Wildman–Crippen MR) is 55.5 cm³/mol. The van der Waals surface area contributed by atoms with E-state index in [1.807, 2.05) is 0 Å². The molecule has 0 amide bonds. The molecule has 0 unspecified atom stereocenters. The second-order valence-electron chi connectivity index (χ2n) is 1.86. The number of carbonyl (C=O) groups excluding carboxylic acids is 2. The van der Waals surface area contributed by atoms with Gasteiger partial charge < -0.3 is 0 Å². The molecule has 0 radical (unpaired) electrons. The molecule has 1 aliphatic carbocycles. The maximum atomic E-state index is 11.2. The van der Waals surface area contributed by atoms with Gasteiger partial charge in [-0.3, -0.25) is 9.59 Å². The molecule has 1 rings (SSSR count). The number of allylic oxidation sites excluding steroid dienone is 2. The molecule has 0 saturated heterocycles. The topological polar surface area (TPSA) is 34.1 Å². The number of hydrogen-bond donors (Lipinski definition) is 0. The highest BCUT2D eigenvalue weighted by Gasteiger charge is 2.49. The molecule has 0 fully saturated rings. The molecule has 0 aliphatic heterocycles. The van der Waals surface area contributed by atoms with Crippen LogP contribution in [0, 0.1) is 0 Å². The summed E-state index contributed by atoms with van der Waals surface area (Å²) in [6, 6.07) is 0. The molecule has 11 heavy (non-hydrogen) atoms. The molecule has 60 valence electrons. The van der Waals surface area contributed by atoms with Crippen molar-refractivity contribution in [2.75, 3.05) is 0 Å². The van der Waals surface area contributed by atoms with Gasteiger partial charge in [0.05, 0.1) is 8.96 Å². The van der Waals surface area contributed by atoms with Crippen molar-refractivity contribution in [2.45, 2.75) is 3.23 Å². The standard InChI is InChI=1S/C5Br4O2/c6-1-2(7)4(11)5(8,9)3(1)10. The third-order valence-corrected chi connectivity index (χ3v) is 4.65. The Morgan fingerprint density at radius 1 is 0.909 bits per heavy atom. The van der Waals surface area contributed by atoms with Gasteiger partial charge in [-0.05, 0) is 31.9 Å². The maximum absolute atomic E-state index is 11.2. The van der Waals surface area contributed by atoms with Gasteiger partial charge in [-0.1, -0.05) is 31.9 Å². The van der Waals surface area contributed by atoms with Gasteiger partial charge >= 0.3 is 0 Å². The largest absolute Gasteiger partial charge is 0.290 e. The predicted octanol–water partition coefficient (Wildman–Crippen LogP) is 2.63. The van der Waals surface area contributed by atoms with Crippen molar-refractivity contribution in [3.8, 4) is 0 Å². The van der Waals surface area contributed by atoms with Crippen LogP contribution in [0.3, 0.4) is 0 Å². The van der Waals surface area contributed by atoms with E-state index in [-0.39, 0.29) is 20.5 Å². The lowest BCUT2D eigenvalue weighted by Gasteiger charge is -2.06. The highest BCUT2D eigenvalue weighted by Crippen LogP contribution is 2.44. The Balaban J connectivity index is 3.24. The Labute approximate surface area is 96.3 Å². The molecule has 0 atom stereocenters. The van der Waals surface area contributed by atoms with Gasteiger partial charge in [0.25, 0.3) is 0 Å². The highest BCUT2D eigenvalue weighted by atomic mass is 79.9. The minimum Gasteiger partial charge on any atom is -0.290 e. The van der Waals surface area contributed by atoms with E-state index in [2.05, 4.69) is 63.7 Å². The van der Waals surface area contributed by atoms with Crippen LogP contribution in [0.25, 0.3) is 0 Å². The molecule has 0 heterocycles. The van der Waals surface area contributed by atoms with Crippen LogP contribution in [-0.4, -0.2) is 14.8 Å². The minimum absolute atomic E-state index is 0.260. The first-order valence-electron chi connectivity index (χ1n) is 2.41. The van der Waals surface area contributed by atoms with E-state index in [1.165, 1.54) is 0 Å². The summed E-state index contributed by atoms with van der Waals surface area (Å²) < 4.78 is -0.745. The lowest BCUT2D eigenvalue weighted by atomic mass is 10.3. The lowest BCUT2D eigenvalue weighted by molar-refractivity contribution is -0.120. The zero-order chi connectivity index (χ0) is 8.81. The lowest BCUT2D eigenvalue weighted by Crippen LogP contribution is -2.27. The first kappa shape index (κ1) is 10.1. The van der Waals surface area contributed by atoms with Crippen molar-refractivity contribution in [3.05, 3.63) is 8.96 Å². The zero-order valence-corrected chi connectivity index (χ0v) is 11.2. The first-order chi connectivity index (χ1) is 4.89. The molecule has 1 aliphatic rings. The van der Waals surface area contributed by atoms with E-state index >= 15 is 0 Å². The number of rotatable bonds is 0. The Bertz CT molecular complexity index is 252. The van der Waals surface area contributed by atoms with Gasteiger partial charge in [-0.15, -0.1) is 0 Å². The fourth-order valence-corrected chi connectivity index (χ4v) is 3.39. The minimum atomic E-state index is -1.27. The van der Waals surface area contributed by atoms with Gasteiger partial charge in [0, 0.05) is 0 Å². The summed E-state index contributed by atoms with van der Waals surface area (Å²) in [6.45, 7) is 0. The Hall–Kier alpha value is 1.000. The maximum Gasteiger partial charge on any atom is 0.206 e. The second-order valence-corrected chi connectivity index (χ2v) is 6.89. The highest BCUT2D eigenvalue weighted by molar-refractivity contribution is 9.26. The summed E-state index contributed by atoms with van der Waals surface area (Å²) in [5.41, 5.74) is 0. The van der Waals surface area contributed by atoms with Crippen LogP contribution in [0.15, 0.2) is 8.96 Å². The van der Waals surface area contributed by atoms with E-state index in [0.29, 0.717) is 0 Å². The van der Waals surface area contributed by atoms with E-state index in [1.54, 1.807) is 0 Å². The molecule has 0 bridgehead atoms. The average Bonchev–Trinajstić information content (AvgIpc) is 2.06. The van der Waals surface area contributed by atoms with Crippen molar-refractivity contribution in [3.63, 3.8) is 0 Å². The van der Waals surface area contributed by atoms with Crippen LogP contribution < -0.4 is 0 Å². The Morgan fingerprint density at radius 3 is 1.27 bits per heavy atom. The Kier molecular flexibility index (Phi) is 2.79. The smallest absolute Gasteiger partial charge is 0.206 e. The van der Waals surface area contributed by atoms with Gasteiger partial charge in [0.1, 0.15) is 0 Å². The molecular formula is C5Br4O2. The molecule has 0 N–H and O–H groups in total. The average molecular weight is 412 g/mol. The van der Waals surface area contributed by atoms with Crippen LogP contribution in [0.1, 0.15) is 0 Å². The summed E-state index contributed by atoms with van der Waals surface area (Å²) in [5, 5.41) is 0. The van der Waals surface area contributed by atoms with E-state index in [9.17, 15) is 9.59 Å². The number of Topliss-reactive ketones (excluding diaryl/α,β-unsaturated/α-hetero) is 2. The summed E-state index contributed by atoms with van der Waals surface area (Å²) in [4.78, 5) is 22.4. The third kappa shape index (κ3) is 1.43. The number of hydrogen-bond acceptors (Lipinski definition) is 2. The fraction of sp³-hybridized carbons (Fsp3) is 0.200. The molecule has 0 aromatic rings. The second kappa shape index (κ2) is 3.05. The number of ketones is 2. The van der Waals surface area contributed by atoms with E-state index < -0.39 is 3.23 Å². The third-order valence-electron chi connectivity index (χ3n) is 1.16. The normalized spacial score (nSPS) is 23.3. The molecule has 0 aromatic heterocycles. The quantitative estimate of drug-likeness (QED) is 0.454. The first-order valence-corrected chi connectivity index (χ1v) is 5.59. The molecule has 0 aromatic carbocycles. The number of carbonyl (C=O) groups is 2. The van der Waals surface area contributed by atoms with Gasteiger partial charge in [-0.2, -0.15) is 0 Å². The SMILES string of the molecule is O=C1C(Br)=C(Br)C(=O)C1(Br)Br. The zero-order valence-electron chi connectivity index (χ0n) is 4.83. The van der Waals surface area contributed by atoms with Gasteiger partial charge in [0.2, 0.25) is 14.8 Å². The Morgan fingerprint density at radius 2 is 1.18 bits per heavy atom. The van der Waals surface area contributed by atoms with Crippen molar-refractivity contribution in [2.24, 2.45) is 0 Å². The van der Waals surface area contributed by atoms with Crippen LogP contribution >= 0.6 is 63.7 Å². The summed E-state index contributed by atoms with van der Waals surface area (Å²) in [5.74, 6) is -0.649. The van der Waals surface area contributed by atoms with Crippen LogP contribution in [0.4, 0.5) is 0 Å².